The van der Waals surface area contributed by atoms with E-state index in [9.17, 15) is 5.11 Å². The monoisotopic (exact) mass is 356 g/mol. The molecule has 0 aliphatic heterocycles. The number of aliphatic hydroxyl groups is 1. The van der Waals surface area contributed by atoms with Crippen LogP contribution in [0.3, 0.4) is 0 Å². The minimum Gasteiger partial charge on any atom is -0.392 e. The average Bonchev–Trinajstić information content (AvgIpc) is 3.07. The van der Waals surface area contributed by atoms with Gasteiger partial charge in [0.05, 0.1) is 6.10 Å². The molecular weight excluding hydrogens is 316 g/mol. The molecule has 0 spiro atoms. The molecule has 0 heterocycles. The highest BCUT2D eigenvalue weighted by atomic mass is 16.3. The molecule has 2 fully saturated rings. The minimum absolute atomic E-state index is 0.00153. The highest BCUT2D eigenvalue weighted by molar-refractivity contribution is 5.35. The van der Waals surface area contributed by atoms with Crippen molar-refractivity contribution in [1.82, 2.24) is 0 Å². The molecule has 146 valence electrons. The molecule has 4 rings (SSSR count). The maximum absolute atomic E-state index is 11.0. The standard InChI is InChI=1S/C25H40O/c1-14(2)20-12-24(26)25(6)13-22-16(4)7-9-18-15(3)8-10-19(18)17(5)21(22)11-23(20)25/h13-16,18,20-21,23-24,26H,7-12H2,1-6H3/b19-17-/t15-,16+,18-,20-,21+,23-,24+,25+/m0/s1. The summed E-state index contributed by atoms with van der Waals surface area (Å²) in [5.41, 5.74) is 5.23. The van der Waals surface area contributed by atoms with Crippen LogP contribution >= 0.6 is 0 Å². The lowest BCUT2D eigenvalue weighted by atomic mass is 9.59. The summed E-state index contributed by atoms with van der Waals surface area (Å²) in [6.45, 7) is 14.5. The Balaban J connectivity index is 1.79. The summed E-state index contributed by atoms with van der Waals surface area (Å²) in [5, 5.41) is 11.0. The van der Waals surface area contributed by atoms with E-state index in [2.05, 4.69) is 47.6 Å². The maximum Gasteiger partial charge on any atom is 0.0633 e. The van der Waals surface area contributed by atoms with Crippen molar-refractivity contribution in [3.63, 3.8) is 0 Å². The van der Waals surface area contributed by atoms with E-state index in [-0.39, 0.29) is 11.5 Å². The Morgan fingerprint density at radius 1 is 1.12 bits per heavy atom. The molecule has 0 aromatic carbocycles. The molecule has 0 saturated heterocycles. The van der Waals surface area contributed by atoms with Crippen LogP contribution < -0.4 is 0 Å². The zero-order valence-corrected chi connectivity index (χ0v) is 17.9. The largest absolute Gasteiger partial charge is 0.392 e. The lowest BCUT2D eigenvalue weighted by Crippen LogP contribution is -2.39. The Labute approximate surface area is 161 Å². The van der Waals surface area contributed by atoms with Gasteiger partial charge in [-0.15, -0.1) is 0 Å². The first kappa shape index (κ1) is 18.8. The molecule has 0 unspecified atom stereocenters. The fourth-order valence-electron chi connectivity index (χ4n) is 7.40. The van der Waals surface area contributed by atoms with Crippen LogP contribution in [0.25, 0.3) is 0 Å². The third-order valence-corrected chi connectivity index (χ3v) is 9.27. The van der Waals surface area contributed by atoms with E-state index in [1.54, 1.807) is 11.1 Å². The fraction of sp³-hybridized carbons (Fsp3) is 0.840. The number of fused-ring (bicyclic) bond motifs is 3. The van der Waals surface area contributed by atoms with Gasteiger partial charge in [0.25, 0.3) is 0 Å². The molecule has 0 amide bonds. The SMILES string of the molecule is C/C1=C2\CC[C@H](C)[C@@H]2CC[C@@H](C)C2=C[C@@]3(C)[C@H](O)C[C@@H](C(C)C)[C@@H]3C[C@@H]21. The van der Waals surface area contributed by atoms with E-state index in [0.717, 1.165) is 18.3 Å². The lowest BCUT2D eigenvalue weighted by molar-refractivity contribution is 0.0603. The zero-order valence-electron chi connectivity index (χ0n) is 17.9. The van der Waals surface area contributed by atoms with E-state index >= 15 is 0 Å². The number of allylic oxidation sites excluding steroid dienone is 3. The van der Waals surface area contributed by atoms with Gasteiger partial charge in [-0.2, -0.15) is 0 Å². The van der Waals surface area contributed by atoms with Crippen molar-refractivity contribution in [3.05, 3.63) is 22.8 Å². The zero-order chi connectivity index (χ0) is 18.8. The molecule has 1 heteroatoms. The van der Waals surface area contributed by atoms with Crippen molar-refractivity contribution >= 4 is 0 Å². The van der Waals surface area contributed by atoms with Crippen LogP contribution in [0.15, 0.2) is 22.8 Å². The Morgan fingerprint density at radius 2 is 1.85 bits per heavy atom. The Morgan fingerprint density at radius 3 is 2.54 bits per heavy atom. The molecule has 1 N–H and O–H groups in total. The third kappa shape index (κ3) is 2.67. The minimum atomic E-state index is -0.154. The number of hydrogen-bond acceptors (Lipinski definition) is 1. The number of aliphatic hydroxyl groups excluding tert-OH is 1. The molecule has 0 radical (unpaired) electrons. The smallest absolute Gasteiger partial charge is 0.0633 e. The quantitative estimate of drug-likeness (QED) is 0.540. The normalized spacial score (nSPS) is 51.4. The summed E-state index contributed by atoms with van der Waals surface area (Å²) in [4.78, 5) is 0. The summed E-state index contributed by atoms with van der Waals surface area (Å²) in [6.07, 6.45) is 10.2. The van der Waals surface area contributed by atoms with Crippen molar-refractivity contribution in [2.75, 3.05) is 0 Å². The highest BCUT2D eigenvalue weighted by Crippen LogP contribution is 2.60. The van der Waals surface area contributed by atoms with Crippen LogP contribution in [0, 0.1) is 46.8 Å². The van der Waals surface area contributed by atoms with Gasteiger partial charge in [-0.3, -0.25) is 0 Å². The lowest BCUT2D eigenvalue weighted by Gasteiger charge is -2.46. The summed E-state index contributed by atoms with van der Waals surface area (Å²) in [6, 6.07) is 0. The summed E-state index contributed by atoms with van der Waals surface area (Å²) >= 11 is 0. The van der Waals surface area contributed by atoms with Crippen LogP contribution in [-0.2, 0) is 0 Å². The van der Waals surface area contributed by atoms with Crippen LogP contribution in [0.1, 0.15) is 80.1 Å². The topological polar surface area (TPSA) is 20.2 Å². The van der Waals surface area contributed by atoms with Crippen molar-refractivity contribution in [3.8, 4) is 0 Å². The molecule has 4 aliphatic carbocycles. The van der Waals surface area contributed by atoms with Gasteiger partial charge in [0, 0.05) is 11.3 Å². The molecule has 0 aromatic heterocycles. The summed E-state index contributed by atoms with van der Waals surface area (Å²) in [5.74, 6) is 5.04. The third-order valence-electron chi connectivity index (χ3n) is 9.27. The van der Waals surface area contributed by atoms with E-state index in [4.69, 9.17) is 0 Å². The van der Waals surface area contributed by atoms with Gasteiger partial charge >= 0.3 is 0 Å². The summed E-state index contributed by atoms with van der Waals surface area (Å²) < 4.78 is 0. The van der Waals surface area contributed by atoms with Crippen LogP contribution in [-0.4, -0.2) is 11.2 Å². The van der Waals surface area contributed by atoms with Gasteiger partial charge in [-0.25, -0.2) is 0 Å². The van der Waals surface area contributed by atoms with Gasteiger partial charge in [0.1, 0.15) is 0 Å². The average molecular weight is 357 g/mol. The molecular formula is C25H40O. The number of rotatable bonds is 1. The van der Waals surface area contributed by atoms with Crippen LogP contribution in [0.5, 0.6) is 0 Å². The predicted molar refractivity (Wildman–Crippen MR) is 110 cm³/mol. The van der Waals surface area contributed by atoms with E-state index in [1.165, 1.54) is 32.1 Å². The molecule has 8 atom stereocenters. The molecule has 26 heavy (non-hydrogen) atoms. The first-order chi connectivity index (χ1) is 12.2. The maximum atomic E-state index is 11.0. The van der Waals surface area contributed by atoms with Crippen molar-refractivity contribution in [2.45, 2.75) is 86.2 Å². The van der Waals surface area contributed by atoms with Crippen molar-refractivity contribution in [2.24, 2.45) is 46.8 Å². The van der Waals surface area contributed by atoms with E-state index in [1.807, 2.05) is 5.57 Å². The molecule has 0 aromatic rings. The first-order valence-electron chi connectivity index (χ1n) is 11.3. The second-order valence-electron chi connectivity index (χ2n) is 10.9. The fourth-order valence-corrected chi connectivity index (χ4v) is 7.40. The van der Waals surface area contributed by atoms with Crippen LogP contribution in [0.4, 0.5) is 0 Å². The Kier molecular flexibility index (Phi) is 4.70. The first-order valence-corrected chi connectivity index (χ1v) is 11.3. The molecule has 0 bridgehead atoms. The predicted octanol–water partition coefficient (Wildman–Crippen LogP) is 6.38. The second-order valence-corrected chi connectivity index (χ2v) is 10.9. The highest BCUT2D eigenvalue weighted by Gasteiger charge is 2.54. The van der Waals surface area contributed by atoms with Crippen LogP contribution in [0.2, 0.25) is 0 Å². The van der Waals surface area contributed by atoms with E-state index in [0.29, 0.717) is 29.6 Å². The van der Waals surface area contributed by atoms with Gasteiger partial charge in [-0.05, 0) is 81.0 Å². The number of hydrogen-bond donors (Lipinski definition) is 1. The summed E-state index contributed by atoms with van der Waals surface area (Å²) in [7, 11) is 0. The van der Waals surface area contributed by atoms with Gasteiger partial charge in [0.2, 0.25) is 0 Å². The molecule has 4 aliphatic rings. The van der Waals surface area contributed by atoms with Gasteiger partial charge in [0.15, 0.2) is 0 Å². The molecule has 1 nitrogen and oxygen atoms in total. The Bertz CT molecular complexity index is 626. The van der Waals surface area contributed by atoms with Gasteiger partial charge in [-0.1, -0.05) is 57.4 Å². The Hall–Kier alpha value is -0.560. The second kappa shape index (κ2) is 6.50. The van der Waals surface area contributed by atoms with Crippen molar-refractivity contribution in [1.29, 1.82) is 0 Å². The molecule has 2 saturated carbocycles. The van der Waals surface area contributed by atoms with Gasteiger partial charge < -0.3 is 5.11 Å². The van der Waals surface area contributed by atoms with E-state index < -0.39 is 0 Å². The van der Waals surface area contributed by atoms with Crippen molar-refractivity contribution < 1.29 is 5.11 Å².